The van der Waals surface area contributed by atoms with Crippen molar-refractivity contribution in [3.63, 3.8) is 0 Å². The van der Waals surface area contributed by atoms with Gasteiger partial charge in [-0.25, -0.2) is 19.9 Å². The van der Waals surface area contributed by atoms with E-state index in [9.17, 15) is 0 Å². The molecule has 128 valence electrons. The number of aryl methyl sites for hydroxylation is 1. The average molecular weight is 336 g/mol. The molecule has 5 rings (SSSR count). The van der Waals surface area contributed by atoms with Crippen molar-refractivity contribution < 1.29 is 0 Å². The van der Waals surface area contributed by atoms with Gasteiger partial charge in [0.05, 0.1) is 17.6 Å². The third-order valence-electron chi connectivity index (χ3n) is 5.48. The molecule has 5 heterocycles. The van der Waals surface area contributed by atoms with Crippen LogP contribution in [0.2, 0.25) is 0 Å². The second kappa shape index (κ2) is 5.65. The van der Waals surface area contributed by atoms with E-state index in [1.807, 2.05) is 31.7 Å². The summed E-state index contributed by atoms with van der Waals surface area (Å²) in [5.41, 5.74) is 0.882. The van der Waals surface area contributed by atoms with Gasteiger partial charge in [-0.3, -0.25) is 4.68 Å². The lowest BCUT2D eigenvalue weighted by molar-refractivity contribution is 0.387. The molecule has 8 nitrogen and oxygen atoms in total. The van der Waals surface area contributed by atoms with Crippen LogP contribution in [0.5, 0.6) is 0 Å². The molecule has 0 amide bonds. The van der Waals surface area contributed by atoms with E-state index in [0.29, 0.717) is 12.0 Å². The van der Waals surface area contributed by atoms with Crippen molar-refractivity contribution in [2.45, 2.75) is 18.9 Å². The Morgan fingerprint density at radius 1 is 1.04 bits per heavy atom. The van der Waals surface area contributed by atoms with Crippen molar-refractivity contribution in [1.29, 1.82) is 0 Å². The van der Waals surface area contributed by atoms with Crippen molar-refractivity contribution in [1.82, 2.24) is 29.7 Å². The molecule has 8 heteroatoms. The Bertz CT molecular complexity index is 892. The minimum Gasteiger partial charge on any atom is -0.351 e. The second-order valence-electron chi connectivity index (χ2n) is 6.80. The summed E-state index contributed by atoms with van der Waals surface area (Å²) in [5, 5.41) is 5.38. The van der Waals surface area contributed by atoms with Gasteiger partial charge in [0, 0.05) is 39.1 Å². The van der Waals surface area contributed by atoms with Crippen molar-refractivity contribution in [3.8, 4) is 0 Å². The van der Waals surface area contributed by atoms with Gasteiger partial charge in [0.2, 0.25) is 5.95 Å². The van der Waals surface area contributed by atoms with Gasteiger partial charge in [0.15, 0.2) is 5.65 Å². The summed E-state index contributed by atoms with van der Waals surface area (Å²) in [6.07, 6.45) is 9.52. The van der Waals surface area contributed by atoms with Crippen LogP contribution < -0.4 is 9.80 Å². The first-order valence-corrected chi connectivity index (χ1v) is 8.72. The highest BCUT2D eigenvalue weighted by molar-refractivity contribution is 5.87. The summed E-state index contributed by atoms with van der Waals surface area (Å²) in [6.45, 7) is 2.98. The van der Waals surface area contributed by atoms with Crippen LogP contribution in [0, 0.1) is 5.92 Å². The number of nitrogens with zero attached hydrogens (tertiary/aromatic N) is 8. The Labute approximate surface area is 145 Å². The van der Waals surface area contributed by atoms with Gasteiger partial charge in [-0.2, -0.15) is 5.10 Å². The molecule has 0 N–H and O–H groups in total. The van der Waals surface area contributed by atoms with Gasteiger partial charge < -0.3 is 9.80 Å². The maximum absolute atomic E-state index is 4.60. The number of hydrogen-bond donors (Lipinski definition) is 0. The van der Waals surface area contributed by atoms with Gasteiger partial charge in [0.1, 0.15) is 12.1 Å². The molecule has 2 unspecified atom stereocenters. The Morgan fingerprint density at radius 3 is 2.76 bits per heavy atom. The maximum Gasteiger partial charge on any atom is 0.225 e. The Balaban J connectivity index is 1.48. The molecule has 0 radical (unpaired) electrons. The van der Waals surface area contributed by atoms with Gasteiger partial charge in [-0.05, 0) is 24.8 Å². The molecular formula is C17H20N8. The van der Waals surface area contributed by atoms with Crippen LogP contribution in [-0.2, 0) is 7.05 Å². The van der Waals surface area contributed by atoms with Gasteiger partial charge in [-0.15, -0.1) is 0 Å². The predicted molar refractivity (Wildman–Crippen MR) is 94.4 cm³/mol. The molecule has 2 fully saturated rings. The lowest BCUT2D eigenvalue weighted by atomic mass is 9.92. The minimum absolute atomic E-state index is 0.427. The van der Waals surface area contributed by atoms with E-state index in [-0.39, 0.29) is 0 Å². The molecule has 2 atom stereocenters. The number of anilines is 2. The Morgan fingerprint density at radius 2 is 1.88 bits per heavy atom. The fourth-order valence-electron chi connectivity index (χ4n) is 4.22. The zero-order chi connectivity index (χ0) is 16.8. The van der Waals surface area contributed by atoms with Crippen LogP contribution in [0.15, 0.2) is 31.0 Å². The van der Waals surface area contributed by atoms with E-state index >= 15 is 0 Å². The molecule has 0 aliphatic carbocycles. The average Bonchev–Trinajstić information content (AvgIpc) is 3.26. The first-order valence-electron chi connectivity index (χ1n) is 8.72. The summed E-state index contributed by atoms with van der Waals surface area (Å²) in [6, 6.07) is 2.29. The summed E-state index contributed by atoms with van der Waals surface area (Å²) in [5.74, 6) is 2.52. The highest BCUT2D eigenvalue weighted by atomic mass is 15.3. The Kier molecular flexibility index (Phi) is 3.29. The molecule has 0 bridgehead atoms. The number of hydrogen-bond acceptors (Lipinski definition) is 7. The summed E-state index contributed by atoms with van der Waals surface area (Å²) >= 11 is 0. The van der Waals surface area contributed by atoms with Crippen LogP contribution in [0.25, 0.3) is 11.0 Å². The van der Waals surface area contributed by atoms with Gasteiger partial charge in [0.25, 0.3) is 0 Å². The van der Waals surface area contributed by atoms with E-state index in [1.165, 1.54) is 12.8 Å². The van der Waals surface area contributed by atoms with E-state index in [1.54, 1.807) is 11.0 Å². The SMILES string of the molecule is Cn1ncc2c(N3CCC4CCN(c5ncccn5)CC43)ncnc21. The topological polar surface area (TPSA) is 75.9 Å². The summed E-state index contributed by atoms with van der Waals surface area (Å²) in [7, 11) is 1.92. The number of aromatic nitrogens is 6. The van der Waals surface area contributed by atoms with E-state index in [0.717, 1.165) is 42.4 Å². The molecule has 2 aliphatic heterocycles. The van der Waals surface area contributed by atoms with Crippen molar-refractivity contribution in [2.24, 2.45) is 13.0 Å². The highest BCUT2D eigenvalue weighted by Crippen LogP contribution is 2.37. The van der Waals surface area contributed by atoms with Crippen LogP contribution in [-0.4, -0.2) is 55.4 Å². The second-order valence-corrected chi connectivity index (χ2v) is 6.80. The van der Waals surface area contributed by atoms with E-state index in [2.05, 4.69) is 34.8 Å². The zero-order valence-corrected chi connectivity index (χ0v) is 14.2. The fraction of sp³-hybridized carbons (Fsp3) is 0.471. The van der Waals surface area contributed by atoms with Crippen molar-refractivity contribution in [2.75, 3.05) is 29.4 Å². The molecule has 0 aromatic carbocycles. The fourth-order valence-corrected chi connectivity index (χ4v) is 4.22. The monoisotopic (exact) mass is 336 g/mol. The van der Waals surface area contributed by atoms with Crippen LogP contribution in [0.3, 0.4) is 0 Å². The summed E-state index contributed by atoms with van der Waals surface area (Å²) in [4.78, 5) is 22.6. The molecule has 3 aromatic rings. The largest absolute Gasteiger partial charge is 0.351 e. The molecule has 0 saturated carbocycles. The molecular weight excluding hydrogens is 316 g/mol. The zero-order valence-electron chi connectivity index (χ0n) is 14.2. The molecule has 3 aromatic heterocycles. The molecule has 25 heavy (non-hydrogen) atoms. The number of piperidine rings is 1. The smallest absolute Gasteiger partial charge is 0.225 e. The highest BCUT2D eigenvalue weighted by Gasteiger charge is 2.40. The quantitative estimate of drug-likeness (QED) is 0.697. The van der Waals surface area contributed by atoms with Gasteiger partial charge in [-0.1, -0.05) is 0 Å². The Hall–Kier alpha value is -2.77. The standard InChI is InChI=1S/C17H20N8/c1-23-15-13(9-22-23)16(21-11-20-15)25-8-4-12-3-7-24(10-14(12)25)17-18-5-2-6-19-17/h2,5-6,9,11-12,14H,3-4,7-8,10H2,1H3. The first-order chi connectivity index (χ1) is 12.3. The van der Waals surface area contributed by atoms with E-state index < -0.39 is 0 Å². The predicted octanol–water partition coefficient (Wildman–Crippen LogP) is 1.26. The van der Waals surface area contributed by atoms with Crippen LogP contribution >= 0.6 is 0 Å². The molecule has 2 saturated heterocycles. The normalized spacial score (nSPS) is 23.2. The van der Waals surface area contributed by atoms with Crippen LogP contribution in [0.4, 0.5) is 11.8 Å². The number of rotatable bonds is 2. The lowest BCUT2D eigenvalue weighted by Crippen LogP contribution is -2.49. The number of fused-ring (bicyclic) bond motifs is 2. The van der Waals surface area contributed by atoms with E-state index in [4.69, 9.17) is 0 Å². The lowest BCUT2D eigenvalue weighted by Gasteiger charge is -2.38. The van der Waals surface area contributed by atoms with Crippen molar-refractivity contribution >= 4 is 22.8 Å². The summed E-state index contributed by atoms with van der Waals surface area (Å²) < 4.78 is 1.80. The van der Waals surface area contributed by atoms with Crippen LogP contribution in [0.1, 0.15) is 12.8 Å². The molecule has 2 aliphatic rings. The van der Waals surface area contributed by atoms with Crippen molar-refractivity contribution in [3.05, 3.63) is 31.0 Å². The maximum atomic E-state index is 4.60. The minimum atomic E-state index is 0.427. The van der Waals surface area contributed by atoms with Gasteiger partial charge >= 0.3 is 0 Å². The first kappa shape index (κ1) is 14.6. The molecule has 0 spiro atoms. The third-order valence-corrected chi connectivity index (χ3v) is 5.48. The third kappa shape index (κ3) is 2.32.